The summed E-state index contributed by atoms with van der Waals surface area (Å²) in [6.07, 6.45) is 3.96. The molecule has 0 saturated carbocycles. The summed E-state index contributed by atoms with van der Waals surface area (Å²) in [7, 11) is 0. The molecule has 2 heteroatoms. The summed E-state index contributed by atoms with van der Waals surface area (Å²) in [4.78, 5) is 2.69. The number of likely N-dealkylation sites (tertiary alicyclic amines) is 1. The molecule has 0 aliphatic carbocycles. The molecule has 1 aromatic rings. The predicted molar refractivity (Wildman–Crippen MR) is 80.2 cm³/mol. The van der Waals surface area contributed by atoms with Gasteiger partial charge in [0.25, 0.3) is 0 Å². The largest absolute Gasteiger partial charge is 0.308 e. The fourth-order valence-electron chi connectivity index (χ4n) is 3.57. The van der Waals surface area contributed by atoms with Gasteiger partial charge in [-0.15, -0.1) is 0 Å². The number of piperidine rings is 1. The average Bonchev–Trinajstić information content (AvgIpc) is 2.43. The highest BCUT2D eigenvalue weighted by Gasteiger charge is 2.26. The molecule has 0 bridgehead atoms. The minimum Gasteiger partial charge on any atom is -0.308 e. The van der Waals surface area contributed by atoms with Crippen molar-refractivity contribution in [3.8, 4) is 0 Å². The molecule has 1 aromatic carbocycles. The van der Waals surface area contributed by atoms with E-state index in [4.69, 9.17) is 0 Å². The number of nitrogens with one attached hydrogen (secondary N) is 1. The molecule has 2 nitrogen and oxygen atoms in total. The summed E-state index contributed by atoms with van der Waals surface area (Å²) in [5, 5.41) is 3.72. The van der Waals surface area contributed by atoms with Crippen LogP contribution >= 0.6 is 0 Å². The van der Waals surface area contributed by atoms with Crippen LogP contribution in [0.15, 0.2) is 24.3 Å². The summed E-state index contributed by atoms with van der Waals surface area (Å²) in [6, 6.07) is 10.3. The standard InChI is InChI=1S/C17H26N2/c1-13-7-8-14(2)19(11-13)12-17-9-15-5-3-4-6-16(15)10-18-17/h3-6,13-14,17-18H,7-12H2,1-2H3. The highest BCUT2D eigenvalue weighted by Crippen LogP contribution is 2.23. The van der Waals surface area contributed by atoms with Crippen LogP contribution < -0.4 is 5.32 Å². The molecule has 2 heterocycles. The summed E-state index contributed by atoms with van der Waals surface area (Å²) in [6.45, 7) is 8.31. The molecule has 2 aliphatic heterocycles. The Morgan fingerprint density at radius 2 is 1.95 bits per heavy atom. The monoisotopic (exact) mass is 258 g/mol. The van der Waals surface area contributed by atoms with Gasteiger partial charge in [0.2, 0.25) is 0 Å². The summed E-state index contributed by atoms with van der Waals surface area (Å²) in [5.74, 6) is 0.868. The Hall–Kier alpha value is -0.860. The number of nitrogens with zero attached hydrogens (tertiary/aromatic N) is 1. The lowest BCUT2D eigenvalue weighted by Crippen LogP contribution is -2.50. The topological polar surface area (TPSA) is 15.3 Å². The van der Waals surface area contributed by atoms with Gasteiger partial charge in [-0.2, -0.15) is 0 Å². The van der Waals surface area contributed by atoms with Gasteiger partial charge in [0.05, 0.1) is 0 Å². The first-order valence-corrected chi connectivity index (χ1v) is 7.76. The van der Waals surface area contributed by atoms with E-state index in [0.717, 1.165) is 18.5 Å². The molecule has 1 saturated heterocycles. The van der Waals surface area contributed by atoms with Gasteiger partial charge >= 0.3 is 0 Å². The first-order chi connectivity index (χ1) is 9.22. The summed E-state index contributed by atoms with van der Waals surface area (Å²) in [5.41, 5.74) is 3.03. The maximum Gasteiger partial charge on any atom is 0.0238 e. The van der Waals surface area contributed by atoms with Crippen LogP contribution in [0.1, 0.15) is 37.8 Å². The molecule has 3 rings (SSSR count). The maximum atomic E-state index is 3.72. The van der Waals surface area contributed by atoms with Gasteiger partial charge in [-0.1, -0.05) is 31.2 Å². The maximum absolute atomic E-state index is 3.72. The molecular weight excluding hydrogens is 232 g/mol. The highest BCUT2D eigenvalue weighted by atomic mass is 15.2. The Kier molecular flexibility index (Phi) is 3.90. The third-order valence-electron chi connectivity index (χ3n) is 4.87. The Bertz CT molecular complexity index is 429. The van der Waals surface area contributed by atoms with Crippen molar-refractivity contribution < 1.29 is 0 Å². The number of hydrogen-bond donors (Lipinski definition) is 1. The minimum atomic E-state index is 0.627. The lowest BCUT2D eigenvalue weighted by Gasteiger charge is -2.40. The lowest BCUT2D eigenvalue weighted by atomic mass is 9.92. The van der Waals surface area contributed by atoms with Crippen molar-refractivity contribution in [3.05, 3.63) is 35.4 Å². The lowest BCUT2D eigenvalue weighted by molar-refractivity contribution is 0.110. The molecule has 3 unspecified atom stereocenters. The van der Waals surface area contributed by atoms with Crippen molar-refractivity contribution in [1.82, 2.24) is 10.2 Å². The second kappa shape index (κ2) is 5.64. The van der Waals surface area contributed by atoms with Crippen LogP contribution in [0.5, 0.6) is 0 Å². The second-order valence-electron chi connectivity index (χ2n) is 6.54. The summed E-state index contributed by atoms with van der Waals surface area (Å²) >= 11 is 0. The fraction of sp³-hybridized carbons (Fsp3) is 0.647. The Balaban J connectivity index is 1.62. The predicted octanol–water partition coefficient (Wildman–Crippen LogP) is 2.82. The van der Waals surface area contributed by atoms with Gasteiger partial charge in [-0.05, 0) is 43.2 Å². The molecule has 1 N–H and O–H groups in total. The van der Waals surface area contributed by atoms with Crippen LogP contribution in [-0.4, -0.2) is 30.1 Å². The van der Waals surface area contributed by atoms with E-state index in [9.17, 15) is 0 Å². The molecular formula is C17H26N2. The zero-order chi connectivity index (χ0) is 13.2. The van der Waals surface area contributed by atoms with E-state index in [0.29, 0.717) is 6.04 Å². The van der Waals surface area contributed by atoms with E-state index < -0.39 is 0 Å². The van der Waals surface area contributed by atoms with Crippen molar-refractivity contribution in [3.63, 3.8) is 0 Å². The van der Waals surface area contributed by atoms with Gasteiger partial charge in [0.15, 0.2) is 0 Å². The van der Waals surface area contributed by atoms with Crippen LogP contribution in [0.2, 0.25) is 0 Å². The zero-order valence-corrected chi connectivity index (χ0v) is 12.2. The first kappa shape index (κ1) is 13.1. The van der Waals surface area contributed by atoms with Crippen molar-refractivity contribution in [1.29, 1.82) is 0 Å². The van der Waals surface area contributed by atoms with Crippen LogP contribution in [0.25, 0.3) is 0 Å². The molecule has 0 radical (unpaired) electrons. The Labute approximate surface area is 117 Å². The normalized spacial score (nSPS) is 32.0. The summed E-state index contributed by atoms with van der Waals surface area (Å²) < 4.78 is 0. The van der Waals surface area contributed by atoms with Gasteiger partial charge in [-0.25, -0.2) is 0 Å². The van der Waals surface area contributed by atoms with Crippen LogP contribution in [-0.2, 0) is 13.0 Å². The molecule has 1 fully saturated rings. The molecule has 0 amide bonds. The Morgan fingerprint density at radius 1 is 1.16 bits per heavy atom. The first-order valence-electron chi connectivity index (χ1n) is 7.76. The molecule has 3 atom stereocenters. The third kappa shape index (κ3) is 3.01. The van der Waals surface area contributed by atoms with E-state index in [2.05, 4.69) is 48.3 Å². The van der Waals surface area contributed by atoms with Crippen molar-refractivity contribution in [2.75, 3.05) is 13.1 Å². The van der Waals surface area contributed by atoms with Gasteiger partial charge in [0, 0.05) is 31.7 Å². The van der Waals surface area contributed by atoms with E-state index >= 15 is 0 Å². The number of rotatable bonds is 2. The van der Waals surface area contributed by atoms with E-state index in [-0.39, 0.29) is 0 Å². The van der Waals surface area contributed by atoms with E-state index in [1.54, 1.807) is 5.56 Å². The fourth-order valence-corrected chi connectivity index (χ4v) is 3.57. The third-order valence-corrected chi connectivity index (χ3v) is 4.87. The molecule has 0 spiro atoms. The minimum absolute atomic E-state index is 0.627. The second-order valence-corrected chi connectivity index (χ2v) is 6.54. The van der Waals surface area contributed by atoms with Crippen molar-refractivity contribution >= 4 is 0 Å². The molecule has 2 aliphatic rings. The Morgan fingerprint density at radius 3 is 2.79 bits per heavy atom. The molecule has 19 heavy (non-hydrogen) atoms. The number of fused-ring (bicyclic) bond motifs is 1. The van der Waals surface area contributed by atoms with Crippen LogP contribution in [0, 0.1) is 5.92 Å². The van der Waals surface area contributed by atoms with Crippen molar-refractivity contribution in [2.24, 2.45) is 5.92 Å². The van der Waals surface area contributed by atoms with E-state index in [1.165, 1.54) is 37.9 Å². The van der Waals surface area contributed by atoms with Gasteiger partial charge in [0.1, 0.15) is 0 Å². The van der Waals surface area contributed by atoms with Crippen molar-refractivity contribution in [2.45, 2.75) is 51.7 Å². The SMILES string of the molecule is CC1CCC(C)N(CC2Cc3ccccc3CN2)C1. The van der Waals surface area contributed by atoms with E-state index in [1.807, 2.05) is 0 Å². The smallest absolute Gasteiger partial charge is 0.0238 e. The zero-order valence-electron chi connectivity index (χ0n) is 12.2. The van der Waals surface area contributed by atoms with Gasteiger partial charge in [-0.3, -0.25) is 4.90 Å². The van der Waals surface area contributed by atoms with Gasteiger partial charge < -0.3 is 5.32 Å². The number of hydrogen-bond acceptors (Lipinski definition) is 2. The average molecular weight is 258 g/mol. The number of benzene rings is 1. The highest BCUT2D eigenvalue weighted by molar-refractivity contribution is 5.29. The molecule has 104 valence electrons. The molecule has 0 aromatic heterocycles. The van der Waals surface area contributed by atoms with Crippen LogP contribution in [0.4, 0.5) is 0 Å². The van der Waals surface area contributed by atoms with Crippen LogP contribution in [0.3, 0.4) is 0 Å². The quantitative estimate of drug-likeness (QED) is 0.877.